The number of aliphatic hydroxyl groups is 4. The maximum atomic E-state index is 10.5. The second-order valence-corrected chi connectivity index (χ2v) is 8.95. The van der Waals surface area contributed by atoms with Gasteiger partial charge in [0.2, 0.25) is 0 Å². The van der Waals surface area contributed by atoms with Crippen LogP contribution in [-0.2, 0) is 17.6 Å². The van der Waals surface area contributed by atoms with Gasteiger partial charge in [-0.25, -0.2) is 0 Å². The first-order chi connectivity index (χ1) is 14.7. The molecule has 1 aromatic carbocycles. The zero-order chi connectivity index (χ0) is 23.2. The molecule has 4 N–H and O–H groups in total. The molecule has 0 unspecified atom stereocenters. The standard InChI is InChI=1S/C25H35ClO5/c1-5-17-9-11-18(12-10-17)14-16(3)19(26)8-7-13-25(4,6-2)24-23(30)22(29)21(28)20(15-27)31-24/h6-12,20-24,27-30H,2,5,13-15H2,1,3-4H3/b8-7-,19-16-/t20-,21-,22+,23-,24-,25+/m1/s1. The van der Waals surface area contributed by atoms with E-state index in [0.29, 0.717) is 11.5 Å². The molecule has 6 heteroatoms. The summed E-state index contributed by atoms with van der Waals surface area (Å²) in [6, 6.07) is 8.49. The topological polar surface area (TPSA) is 90.2 Å². The highest BCUT2D eigenvalue weighted by molar-refractivity contribution is 6.31. The summed E-state index contributed by atoms with van der Waals surface area (Å²) in [5.74, 6) is 0. The molecule has 0 saturated carbocycles. The van der Waals surface area contributed by atoms with E-state index >= 15 is 0 Å². The van der Waals surface area contributed by atoms with Crippen LogP contribution in [0.4, 0.5) is 0 Å². The van der Waals surface area contributed by atoms with Crippen LogP contribution in [0.2, 0.25) is 0 Å². The summed E-state index contributed by atoms with van der Waals surface area (Å²) in [6.07, 6.45) is 1.66. The Labute approximate surface area is 190 Å². The van der Waals surface area contributed by atoms with Gasteiger partial charge in [0.05, 0.1) is 12.7 Å². The van der Waals surface area contributed by atoms with E-state index in [1.807, 2.05) is 26.0 Å². The van der Waals surface area contributed by atoms with Crippen LogP contribution in [-0.4, -0.2) is 57.6 Å². The minimum Gasteiger partial charge on any atom is -0.394 e. The number of hydrogen-bond acceptors (Lipinski definition) is 5. The fourth-order valence-electron chi connectivity index (χ4n) is 3.80. The molecule has 1 fully saturated rings. The maximum absolute atomic E-state index is 10.5. The van der Waals surface area contributed by atoms with Gasteiger partial charge in [0, 0.05) is 10.4 Å². The third-order valence-corrected chi connectivity index (χ3v) is 6.59. The summed E-state index contributed by atoms with van der Waals surface area (Å²) in [5, 5.41) is 40.7. The molecule has 172 valence electrons. The minimum atomic E-state index is -1.41. The summed E-state index contributed by atoms with van der Waals surface area (Å²) in [6.45, 7) is 9.37. The van der Waals surface area contributed by atoms with Crippen molar-refractivity contribution in [1.29, 1.82) is 0 Å². The second kappa shape index (κ2) is 11.4. The van der Waals surface area contributed by atoms with Gasteiger partial charge in [-0.1, -0.05) is 67.4 Å². The summed E-state index contributed by atoms with van der Waals surface area (Å²) in [4.78, 5) is 0. The van der Waals surface area contributed by atoms with E-state index in [-0.39, 0.29) is 0 Å². The van der Waals surface area contributed by atoms with Gasteiger partial charge in [0.1, 0.15) is 24.4 Å². The Balaban J connectivity index is 2.09. The van der Waals surface area contributed by atoms with E-state index in [0.717, 1.165) is 18.4 Å². The third-order valence-electron chi connectivity index (χ3n) is 6.14. The Hall–Kier alpha value is -1.47. The fraction of sp³-hybridized carbons (Fsp3) is 0.520. The number of aliphatic hydroxyl groups excluding tert-OH is 4. The monoisotopic (exact) mass is 450 g/mol. The molecule has 0 aliphatic carbocycles. The summed E-state index contributed by atoms with van der Waals surface area (Å²) in [7, 11) is 0. The van der Waals surface area contributed by atoms with Gasteiger partial charge in [-0.2, -0.15) is 0 Å². The Morgan fingerprint density at radius 1 is 1.13 bits per heavy atom. The molecule has 1 saturated heterocycles. The SMILES string of the molecule is C=C[C@@](C)(C/C=C\C(Cl)=C(/C)Cc1ccc(CC)cc1)[C@@H]1O[C@H](CO)[C@@H](O)[C@H](O)[C@H]1O. The van der Waals surface area contributed by atoms with Crippen molar-refractivity contribution in [2.45, 2.75) is 70.6 Å². The average Bonchev–Trinajstić information content (AvgIpc) is 2.77. The lowest BCUT2D eigenvalue weighted by molar-refractivity contribution is -0.248. The van der Waals surface area contributed by atoms with Gasteiger partial charge in [-0.3, -0.25) is 0 Å². The largest absolute Gasteiger partial charge is 0.394 e. The third kappa shape index (κ3) is 6.28. The molecule has 31 heavy (non-hydrogen) atoms. The van der Waals surface area contributed by atoms with Crippen LogP contribution < -0.4 is 0 Å². The summed E-state index contributed by atoms with van der Waals surface area (Å²) >= 11 is 6.49. The molecular weight excluding hydrogens is 416 g/mol. The van der Waals surface area contributed by atoms with Gasteiger partial charge in [-0.05, 0) is 43.4 Å². The van der Waals surface area contributed by atoms with Gasteiger partial charge in [0.25, 0.3) is 0 Å². The van der Waals surface area contributed by atoms with Gasteiger partial charge >= 0.3 is 0 Å². The number of ether oxygens (including phenoxy) is 1. The highest BCUT2D eigenvalue weighted by atomic mass is 35.5. The van der Waals surface area contributed by atoms with Crippen LogP contribution in [0.25, 0.3) is 0 Å². The van der Waals surface area contributed by atoms with Crippen molar-refractivity contribution in [2.75, 3.05) is 6.61 Å². The molecule has 1 aliphatic heterocycles. The number of rotatable bonds is 9. The lowest BCUT2D eigenvalue weighted by Gasteiger charge is -2.46. The molecule has 0 spiro atoms. The molecule has 0 radical (unpaired) electrons. The van der Waals surface area contributed by atoms with Crippen LogP contribution in [0.3, 0.4) is 0 Å². The highest BCUT2D eigenvalue weighted by Crippen LogP contribution is 2.38. The first-order valence-electron chi connectivity index (χ1n) is 10.7. The second-order valence-electron chi connectivity index (χ2n) is 8.54. The van der Waals surface area contributed by atoms with Crippen molar-refractivity contribution in [3.63, 3.8) is 0 Å². The van der Waals surface area contributed by atoms with E-state index in [9.17, 15) is 20.4 Å². The average molecular weight is 451 g/mol. The highest BCUT2D eigenvalue weighted by Gasteiger charge is 2.49. The number of hydrogen-bond donors (Lipinski definition) is 4. The quantitative estimate of drug-likeness (QED) is 0.342. The van der Waals surface area contributed by atoms with Crippen molar-refractivity contribution < 1.29 is 25.2 Å². The smallest absolute Gasteiger partial charge is 0.111 e. The minimum absolute atomic E-state index is 0.438. The number of benzene rings is 1. The van der Waals surface area contributed by atoms with Crippen molar-refractivity contribution in [2.24, 2.45) is 5.41 Å². The molecule has 1 aliphatic rings. The first-order valence-corrected chi connectivity index (χ1v) is 11.1. The molecule has 6 atom stereocenters. The van der Waals surface area contributed by atoms with Crippen LogP contribution in [0.1, 0.15) is 38.3 Å². The van der Waals surface area contributed by atoms with E-state index in [1.165, 1.54) is 11.1 Å². The van der Waals surface area contributed by atoms with E-state index in [1.54, 1.807) is 6.08 Å². The Kier molecular flexibility index (Phi) is 9.49. The molecule has 0 amide bonds. The zero-order valence-electron chi connectivity index (χ0n) is 18.5. The van der Waals surface area contributed by atoms with Crippen LogP contribution in [0.15, 0.2) is 59.7 Å². The number of halogens is 1. The predicted octanol–water partition coefficient (Wildman–Crippen LogP) is 3.29. The molecule has 0 bridgehead atoms. The van der Waals surface area contributed by atoms with E-state index < -0.39 is 42.5 Å². The Morgan fingerprint density at radius 3 is 2.29 bits per heavy atom. The molecule has 0 aromatic heterocycles. The van der Waals surface area contributed by atoms with Crippen LogP contribution >= 0.6 is 11.6 Å². The van der Waals surface area contributed by atoms with Crippen molar-refractivity contribution in [3.05, 3.63) is 70.8 Å². The molecular formula is C25H35ClO5. The number of allylic oxidation sites excluding steroid dienone is 4. The predicted molar refractivity (Wildman–Crippen MR) is 124 cm³/mol. The zero-order valence-corrected chi connectivity index (χ0v) is 19.3. The number of aryl methyl sites for hydroxylation is 1. The molecule has 2 rings (SSSR count). The van der Waals surface area contributed by atoms with Crippen molar-refractivity contribution in [3.8, 4) is 0 Å². The normalized spacial score (nSPS) is 29.5. The first kappa shape index (κ1) is 25.8. The van der Waals surface area contributed by atoms with Gasteiger partial charge in [0.15, 0.2) is 0 Å². The molecule has 1 heterocycles. The van der Waals surface area contributed by atoms with Crippen LogP contribution in [0, 0.1) is 5.41 Å². The summed E-state index contributed by atoms with van der Waals surface area (Å²) < 4.78 is 5.73. The lowest BCUT2D eigenvalue weighted by Crippen LogP contribution is -2.62. The van der Waals surface area contributed by atoms with Crippen molar-refractivity contribution >= 4 is 11.6 Å². The lowest BCUT2D eigenvalue weighted by atomic mass is 9.75. The van der Waals surface area contributed by atoms with Crippen molar-refractivity contribution in [1.82, 2.24) is 0 Å². The van der Waals surface area contributed by atoms with E-state index in [2.05, 4.69) is 37.8 Å². The van der Waals surface area contributed by atoms with Crippen LogP contribution in [0.5, 0.6) is 0 Å². The Bertz CT molecular complexity index is 786. The summed E-state index contributed by atoms with van der Waals surface area (Å²) in [5.41, 5.74) is 2.79. The molecule has 1 aromatic rings. The van der Waals surface area contributed by atoms with Gasteiger partial charge in [-0.15, -0.1) is 6.58 Å². The molecule has 5 nitrogen and oxygen atoms in total. The Morgan fingerprint density at radius 2 is 1.74 bits per heavy atom. The van der Waals surface area contributed by atoms with Gasteiger partial charge < -0.3 is 25.2 Å². The fourth-order valence-corrected chi connectivity index (χ4v) is 3.96. The maximum Gasteiger partial charge on any atom is 0.111 e. The van der Waals surface area contributed by atoms with E-state index in [4.69, 9.17) is 16.3 Å².